The summed E-state index contributed by atoms with van der Waals surface area (Å²) in [6, 6.07) is 5.54. The second kappa shape index (κ2) is 10.2. The Morgan fingerprint density at radius 1 is 1.09 bits per heavy atom. The fourth-order valence-electron chi connectivity index (χ4n) is 3.43. The van der Waals surface area contributed by atoms with Crippen molar-refractivity contribution in [3.63, 3.8) is 0 Å². The summed E-state index contributed by atoms with van der Waals surface area (Å²) in [5.41, 5.74) is 15.4. The molecular formula is C24H28F2N6. The standard InChI is InChI=1S/C24H28F2N6/c1-4-10-32-11-9-20(31-32)22-14-29-13-21(30-22)15(3)24(28)16(5-2)12-19(27)23-17(25)7-6-8-18(23)26/h6-9,11-15H,4-5,10,27-28H2,1-3H3/b19-12-,24-16-. The van der Waals surface area contributed by atoms with Gasteiger partial charge in [0.1, 0.15) is 23.0 Å². The molecule has 0 aliphatic heterocycles. The van der Waals surface area contributed by atoms with Crippen molar-refractivity contribution < 1.29 is 8.78 Å². The van der Waals surface area contributed by atoms with Crippen LogP contribution in [0.25, 0.3) is 17.1 Å². The molecule has 0 saturated heterocycles. The largest absolute Gasteiger partial charge is 0.401 e. The Morgan fingerprint density at radius 2 is 1.81 bits per heavy atom. The quantitative estimate of drug-likeness (QED) is 0.495. The number of rotatable bonds is 8. The average Bonchev–Trinajstić information content (AvgIpc) is 3.25. The van der Waals surface area contributed by atoms with Crippen molar-refractivity contribution in [1.29, 1.82) is 0 Å². The Balaban J connectivity index is 1.93. The summed E-state index contributed by atoms with van der Waals surface area (Å²) in [7, 11) is 0. The third kappa shape index (κ3) is 5.01. The summed E-state index contributed by atoms with van der Waals surface area (Å²) in [4.78, 5) is 9.00. The first-order chi connectivity index (χ1) is 15.3. The molecule has 1 aromatic carbocycles. The molecule has 8 heteroatoms. The van der Waals surface area contributed by atoms with Crippen LogP contribution in [0.4, 0.5) is 8.78 Å². The number of hydrogen-bond donors (Lipinski definition) is 2. The van der Waals surface area contributed by atoms with E-state index in [2.05, 4.69) is 17.0 Å². The zero-order valence-corrected chi connectivity index (χ0v) is 18.5. The van der Waals surface area contributed by atoms with E-state index < -0.39 is 11.6 Å². The molecule has 0 amide bonds. The predicted octanol–water partition coefficient (Wildman–Crippen LogP) is 4.75. The van der Waals surface area contributed by atoms with Gasteiger partial charge in [0.05, 0.1) is 17.5 Å². The van der Waals surface area contributed by atoms with E-state index in [-0.39, 0.29) is 17.2 Å². The van der Waals surface area contributed by atoms with Crippen LogP contribution in [0.5, 0.6) is 0 Å². The van der Waals surface area contributed by atoms with E-state index in [0.29, 0.717) is 29.1 Å². The monoisotopic (exact) mass is 438 g/mol. The maximum atomic E-state index is 14.1. The topological polar surface area (TPSA) is 95.6 Å². The summed E-state index contributed by atoms with van der Waals surface area (Å²) in [6.07, 6.45) is 8.27. The van der Waals surface area contributed by atoms with Crippen LogP contribution in [0, 0.1) is 11.6 Å². The van der Waals surface area contributed by atoms with Crippen LogP contribution in [0.15, 0.2) is 60.2 Å². The minimum atomic E-state index is -0.720. The highest BCUT2D eigenvalue weighted by Crippen LogP contribution is 2.27. The minimum absolute atomic E-state index is 0.0195. The van der Waals surface area contributed by atoms with E-state index in [1.54, 1.807) is 12.4 Å². The van der Waals surface area contributed by atoms with Gasteiger partial charge in [0.2, 0.25) is 0 Å². The zero-order valence-electron chi connectivity index (χ0n) is 18.5. The van der Waals surface area contributed by atoms with Crippen molar-refractivity contribution in [3.8, 4) is 11.4 Å². The average molecular weight is 439 g/mol. The van der Waals surface area contributed by atoms with Crippen molar-refractivity contribution in [3.05, 3.63) is 83.1 Å². The van der Waals surface area contributed by atoms with Crippen molar-refractivity contribution in [1.82, 2.24) is 19.7 Å². The smallest absolute Gasteiger partial charge is 0.135 e. The third-order valence-electron chi connectivity index (χ3n) is 5.25. The van der Waals surface area contributed by atoms with E-state index in [4.69, 9.17) is 16.5 Å². The van der Waals surface area contributed by atoms with Crippen molar-refractivity contribution >= 4 is 5.70 Å². The molecule has 3 rings (SSSR count). The Morgan fingerprint density at radius 3 is 2.47 bits per heavy atom. The van der Waals surface area contributed by atoms with Gasteiger partial charge in [0.15, 0.2) is 0 Å². The van der Waals surface area contributed by atoms with E-state index in [1.807, 2.05) is 30.8 Å². The normalized spacial score (nSPS) is 13.7. The van der Waals surface area contributed by atoms with Gasteiger partial charge < -0.3 is 11.5 Å². The molecule has 1 atom stereocenters. The van der Waals surface area contributed by atoms with Gasteiger partial charge in [-0.25, -0.2) is 13.8 Å². The molecule has 168 valence electrons. The molecular weight excluding hydrogens is 410 g/mol. The second-order valence-corrected chi connectivity index (χ2v) is 7.55. The molecule has 32 heavy (non-hydrogen) atoms. The lowest BCUT2D eigenvalue weighted by Gasteiger charge is -2.16. The molecule has 0 aliphatic rings. The Kier molecular flexibility index (Phi) is 7.35. The van der Waals surface area contributed by atoms with Crippen LogP contribution in [0.2, 0.25) is 0 Å². The third-order valence-corrected chi connectivity index (χ3v) is 5.25. The number of halogens is 2. The van der Waals surface area contributed by atoms with Gasteiger partial charge in [-0.3, -0.25) is 9.67 Å². The van der Waals surface area contributed by atoms with Gasteiger partial charge in [0.25, 0.3) is 0 Å². The molecule has 0 fully saturated rings. The van der Waals surface area contributed by atoms with Crippen LogP contribution in [-0.2, 0) is 6.54 Å². The summed E-state index contributed by atoms with van der Waals surface area (Å²) < 4.78 is 30.1. The van der Waals surface area contributed by atoms with Gasteiger partial charge in [0, 0.05) is 36.3 Å². The fraction of sp³-hybridized carbons (Fsp3) is 0.292. The molecule has 6 nitrogen and oxygen atoms in total. The Labute approximate surface area is 186 Å². The SMILES string of the molecule is CCCn1ccc(-c2cncc(C(C)/C(N)=C(/C=C(\N)c3c(F)cccc3F)CC)n2)n1. The highest BCUT2D eigenvalue weighted by molar-refractivity contribution is 5.66. The number of benzene rings is 1. The van der Waals surface area contributed by atoms with Gasteiger partial charge in [-0.2, -0.15) is 5.10 Å². The van der Waals surface area contributed by atoms with E-state index in [9.17, 15) is 8.78 Å². The molecule has 0 radical (unpaired) electrons. The number of nitrogens with zero attached hydrogens (tertiary/aromatic N) is 4. The van der Waals surface area contributed by atoms with E-state index in [0.717, 1.165) is 18.7 Å². The molecule has 1 unspecified atom stereocenters. The molecule has 2 heterocycles. The van der Waals surface area contributed by atoms with Gasteiger partial charge in [-0.1, -0.05) is 26.8 Å². The Hall–Kier alpha value is -3.55. The number of hydrogen-bond acceptors (Lipinski definition) is 5. The molecule has 0 spiro atoms. The first-order valence-electron chi connectivity index (χ1n) is 10.6. The minimum Gasteiger partial charge on any atom is -0.401 e. The summed E-state index contributed by atoms with van der Waals surface area (Å²) in [6.45, 7) is 6.72. The van der Waals surface area contributed by atoms with Crippen LogP contribution in [0.3, 0.4) is 0 Å². The molecule has 4 N–H and O–H groups in total. The van der Waals surface area contributed by atoms with Gasteiger partial charge in [-0.15, -0.1) is 0 Å². The van der Waals surface area contributed by atoms with Gasteiger partial charge >= 0.3 is 0 Å². The van der Waals surface area contributed by atoms with Crippen molar-refractivity contribution in [2.45, 2.75) is 46.1 Å². The molecule has 3 aromatic rings. The Bertz CT molecular complexity index is 1130. The molecule has 0 saturated carbocycles. The summed E-state index contributed by atoms with van der Waals surface area (Å²) in [5.74, 6) is -1.73. The summed E-state index contributed by atoms with van der Waals surface area (Å²) >= 11 is 0. The second-order valence-electron chi connectivity index (χ2n) is 7.55. The number of aromatic nitrogens is 4. The lowest BCUT2D eigenvalue weighted by molar-refractivity contribution is 0.576. The predicted molar refractivity (Wildman–Crippen MR) is 122 cm³/mol. The van der Waals surface area contributed by atoms with Crippen molar-refractivity contribution in [2.24, 2.45) is 11.5 Å². The van der Waals surface area contributed by atoms with Crippen molar-refractivity contribution in [2.75, 3.05) is 0 Å². The van der Waals surface area contributed by atoms with Crippen LogP contribution >= 0.6 is 0 Å². The van der Waals surface area contributed by atoms with Gasteiger partial charge in [-0.05, 0) is 42.7 Å². The molecule has 0 bridgehead atoms. The first kappa shape index (κ1) is 23.1. The zero-order chi connectivity index (χ0) is 23.3. The molecule has 2 aromatic heterocycles. The maximum absolute atomic E-state index is 14.1. The fourth-order valence-corrected chi connectivity index (χ4v) is 3.43. The maximum Gasteiger partial charge on any atom is 0.135 e. The van der Waals surface area contributed by atoms with Crippen LogP contribution in [0.1, 0.15) is 50.8 Å². The summed E-state index contributed by atoms with van der Waals surface area (Å²) in [5, 5.41) is 4.53. The lowest BCUT2D eigenvalue weighted by Crippen LogP contribution is -2.13. The number of nitrogens with two attached hydrogens (primary N) is 2. The highest BCUT2D eigenvalue weighted by atomic mass is 19.1. The number of aryl methyl sites for hydroxylation is 1. The number of allylic oxidation sites excluding steroid dienone is 3. The van der Waals surface area contributed by atoms with E-state index >= 15 is 0 Å². The van der Waals surface area contributed by atoms with E-state index in [1.165, 1.54) is 24.3 Å². The highest BCUT2D eigenvalue weighted by Gasteiger charge is 2.17. The van der Waals surface area contributed by atoms with Crippen LogP contribution in [-0.4, -0.2) is 19.7 Å². The van der Waals surface area contributed by atoms with Crippen LogP contribution < -0.4 is 11.5 Å². The lowest BCUT2D eigenvalue weighted by atomic mass is 9.96. The molecule has 0 aliphatic carbocycles. The first-order valence-corrected chi connectivity index (χ1v) is 10.6.